The van der Waals surface area contributed by atoms with Crippen LogP contribution in [-0.2, 0) is 11.2 Å². The summed E-state index contributed by atoms with van der Waals surface area (Å²) in [5.41, 5.74) is 1.10. The highest BCUT2D eigenvalue weighted by atomic mass is 35.5. The maximum atomic E-state index is 11.8. The fraction of sp³-hybridized carbons (Fsp3) is 0.429. The Morgan fingerprint density at radius 1 is 1.50 bits per heavy atom. The number of carbonyl (C=O) groups is 1. The predicted octanol–water partition coefficient (Wildman–Crippen LogP) is 1.78. The van der Waals surface area contributed by atoms with Gasteiger partial charge in [0.2, 0.25) is 11.9 Å². The van der Waals surface area contributed by atoms with Crippen LogP contribution < -0.4 is 10.9 Å². The Hall–Kier alpha value is -2.15. The van der Waals surface area contributed by atoms with Gasteiger partial charge in [0.15, 0.2) is 0 Å². The van der Waals surface area contributed by atoms with Crippen LogP contribution >= 0.6 is 11.6 Å². The molecule has 0 saturated carbocycles. The lowest BCUT2D eigenvalue weighted by Gasteiger charge is -2.09. The monoisotopic (exact) mass is 323 g/mol. The Balaban J connectivity index is 2.44. The largest absolute Gasteiger partial charge is 0.309 e. The average molecular weight is 324 g/mol. The van der Waals surface area contributed by atoms with Gasteiger partial charge in [0, 0.05) is 17.8 Å². The maximum Gasteiger partial charge on any atom is 0.252 e. The summed E-state index contributed by atoms with van der Waals surface area (Å²) in [4.78, 5) is 30.5. The molecule has 0 radical (unpaired) electrons. The number of carbonyl (C=O) groups excluding carboxylic acids is 1. The highest BCUT2D eigenvalue weighted by molar-refractivity contribution is 6.32. The van der Waals surface area contributed by atoms with Crippen molar-refractivity contribution in [2.75, 3.05) is 5.32 Å². The molecular formula is C14H18ClN5O2. The first-order valence-corrected chi connectivity index (χ1v) is 7.46. The molecular weight excluding hydrogens is 306 g/mol. The van der Waals surface area contributed by atoms with Gasteiger partial charge in [-0.1, -0.05) is 13.3 Å². The first-order chi connectivity index (χ1) is 10.4. The summed E-state index contributed by atoms with van der Waals surface area (Å²) in [7, 11) is 0. The van der Waals surface area contributed by atoms with Crippen molar-refractivity contribution >= 4 is 23.3 Å². The number of H-pyrrole nitrogens is 1. The number of nitrogens with one attached hydrogen (secondary N) is 2. The van der Waals surface area contributed by atoms with Crippen molar-refractivity contribution in [3.05, 3.63) is 33.9 Å². The van der Waals surface area contributed by atoms with E-state index in [0.717, 1.165) is 6.42 Å². The zero-order chi connectivity index (χ0) is 16.3. The van der Waals surface area contributed by atoms with Gasteiger partial charge in [-0.15, -0.1) is 11.6 Å². The second-order valence-corrected chi connectivity index (χ2v) is 5.65. The molecule has 0 aliphatic carbocycles. The van der Waals surface area contributed by atoms with Crippen molar-refractivity contribution in [2.45, 2.75) is 39.0 Å². The molecule has 2 N–H and O–H groups in total. The van der Waals surface area contributed by atoms with Crippen molar-refractivity contribution in [3.63, 3.8) is 0 Å². The van der Waals surface area contributed by atoms with Crippen LogP contribution in [0.2, 0.25) is 0 Å². The van der Waals surface area contributed by atoms with Crippen LogP contribution in [-0.4, -0.2) is 31.0 Å². The third kappa shape index (κ3) is 3.73. The van der Waals surface area contributed by atoms with E-state index in [1.54, 1.807) is 19.9 Å². The molecule has 2 rings (SSSR count). The SMILES string of the molecule is CCCc1cc(=O)[nH]c(-n2nc(C)cc2NC(=O)[C@@H](C)Cl)n1. The third-order valence-corrected chi connectivity index (χ3v) is 3.13. The summed E-state index contributed by atoms with van der Waals surface area (Å²) in [5, 5.41) is 6.25. The topological polar surface area (TPSA) is 92.7 Å². The number of alkyl halides is 1. The van der Waals surface area contributed by atoms with Crippen LogP contribution in [0.15, 0.2) is 16.9 Å². The van der Waals surface area contributed by atoms with Crippen LogP contribution in [0.5, 0.6) is 0 Å². The first kappa shape index (κ1) is 16.2. The minimum Gasteiger partial charge on any atom is -0.309 e. The summed E-state index contributed by atoms with van der Waals surface area (Å²) in [6.45, 7) is 5.37. The van der Waals surface area contributed by atoms with Crippen LogP contribution in [0.1, 0.15) is 31.7 Å². The number of aromatic amines is 1. The second-order valence-electron chi connectivity index (χ2n) is 5.00. The predicted molar refractivity (Wildman–Crippen MR) is 84.7 cm³/mol. The maximum absolute atomic E-state index is 11.8. The van der Waals surface area contributed by atoms with Gasteiger partial charge in [-0.25, -0.2) is 4.98 Å². The Labute approximate surface area is 132 Å². The van der Waals surface area contributed by atoms with E-state index in [-0.39, 0.29) is 17.4 Å². The fourth-order valence-corrected chi connectivity index (χ4v) is 2.01. The lowest BCUT2D eigenvalue weighted by molar-refractivity contribution is -0.115. The highest BCUT2D eigenvalue weighted by Crippen LogP contribution is 2.15. The summed E-state index contributed by atoms with van der Waals surface area (Å²) in [6.07, 6.45) is 1.57. The molecule has 0 aromatic carbocycles. The van der Waals surface area contributed by atoms with E-state index in [0.29, 0.717) is 23.6 Å². The number of aromatic nitrogens is 4. The van der Waals surface area contributed by atoms with Crippen molar-refractivity contribution in [1.82, 2.24) is 19.7 Å². The van der Waals surface area contributed by atoms with Gasteiger partial charge >= 0.3 is 0 Å². The zero-order valence-electron chi connectivity index (χ0n) is 12.7. The quantitative estimate of drug-likeness (QED) is 0.820. The fourth-order valence-electron chi connectivity index (χ4n) is 1.95. The number of halogens is 1. The van der Waals surface area contributed by atoms with Gasteiger partial charge in [0.25, 0.3) is 5.56 Å². The van der Waals surface area contributed by atoms with Crippen molar-refractivity contribution in [1.29, 1.82) is 0 Å². The molecule has 1 amide bonds. The molecule has 0 fully saturated rings. The van der Waals surface area contributed by atoms with Gasteiger partial charge in [-0.2, -0.15) is 9.78 Å². The molecule has 0 spiro atoms. The van der Waals surface area contributed by atoms with E-state index in [2.05, 4.69) is 20.4 Å². The van der Waals surface area contributed by atoms with E-state index < -0.39 is 5.38 Å². The molecule has 0 unspecified atom stereocenters. The first-order valence-electron chi connectivity index (χ1n) is 7.03. The van der Waals surface area contributed by atoms with Gasteiger partial charge in [-0.05, 0) is 20.3 Å². The number of hydrogen-bond donors (Lipinski definition) is 2. The molecule has 22 heavy (non-hydrogen) atoms. The highest BCUT2D eigenvalue weighted by Gasteiger charge is 2.16. The molecule has 2 aromatic rings. The lowest BCUT2D eigenvalue weighted by Crippen LogP contribution is -2.23. The second kappa shape index (κ2) is 6.74. The average Bonchev–Trinajstić information content (AvgIpc) is 2.79. The number of amides is 1. The van der Waals surface area contributed by atoms with Crippen LogP contribution in [0, 0.1) is 6.92 Å². The molecule has 7 nitrogen and oxygen atoms in total. The van der Waals surface area contributed by atoms with E-state index in [1.807, 2.05) is 6.92 Å². The Bertz CT molecular complexity index is 735. The number of aryl methyl sites for hydroxylation is 2. The smallest absolute Gasteiger partial charge is 0.252 e. The molecule has 0 aliphatic rings. The van der Waals surface area contributed by atoms with Crippen LogP contribution in [0.3, 0.4) is 0 Å². The van der Waals surface area contributed by atoms with Gasteiger partial charge in [-0.3, -0.25) is 14.6 Å². The molecule has 2 aromatic heterocycles. The van der Waals surface area contributed by atoms with E-state index in [1.165, 1.54) is 10.7 Å². The molecule has 8 heteroatoms. The minimum absolute atomic E-state index is 0.260. The lowest BCUT2D eigenvalue weighted by atomic mass is 10.2. The van der Waals surface area contributed by atoms with E-state index in [4.69, 9.17) is 11.6 Å². The zero-order valence-corrected chi connectivity index (χ0v) is 13.4. The third-order valence-electron chi connectivity index (χ3n) is 2.93. The van der Waals surface area contributed by atoms with E-state index >= 15 is 0 Å². The molecule has 0 saturated heterocycles. The van der Waals surface area contributed by atoms with Crippen molar-refractivity contribution in [2.24, 2.45) is 0 Å². The molecule has 118 valence electrons. The number of rotatable bonds is 5. The van der Waals surface area contributed by atoms with Gasteiger partial charge < -0.3 is 5.32 Å². The Morgan fingerprint density at radius 3 is 2.86 bits per heavy atom. The molecule has 2 heterocycles. The van der Waals surface area contributed by atoms with Crippen LogP contribution in [0.4, 0.5) is 5.82 Å². The van der Waals surface area contributed by atoms with E-state index in [9.17, 15) is 9.59 Å². The summed E-state index contributed by atoms with van der Waals surface area (Å²) in [5.74, 6) is 0.322. The number of nitrogens with zero attached hydrogens (tertiary/aromatic N) is 3. The Morgan fingerprint density at radius 2 is 2.23 bits per heavy atom. The number of hydrogen-bond acceptors (Lipinski definition) is 4. The summed E-state index contributed by atoms with van der Waals surface area (Å²) in [6, 6.07) is 3.14. The molecule has 0 aliphatic heterocycles. The summed E-state index contributed by atoms with van der Waals surface area (Å²) >= 11 is 5.76. The van der Waals surface area contributed by atoms with Crippen molar-refractivity contribution in [3.8, 4) is 5.95 Å². The minimum atomic E-state index is -0.679. The summed E-state index contributed by atoms with van der Waals surface area (Å²) < 4.78 is 1.40. The molecule has 0 bridgehead atoms. The normalized spacial score (nSPS) is 12.2. The Kier molecular flexibility index (Phi) is 4.97. The standard InChI is InChI=1S/C14H18ClN5O2/c1-4-5-10-7-12(21)18-14(16-10)20-11(6-8(2)19-20)17-13(22)9(3)15/h6-7,9H,4-5H2,1-3H3,(H,17,22)(H,16,18,21)/t9-/m1/s1. The molecule has 1 atom stereocenters. The van der Waals surface area contributed by atoms with Crippen molar-refractivity contribution < 1.29 is 4.79 Å². The van der Waals surface area contributed by atoms with Gasteiger partial charge in [0.05, 0.1) is 5.69 Å². The van der Waals surface area contributed by atoms with Gasteiger partial charge in [0.1, 0.15) is 11.2 Å². The van der Waals surface area contributed by atoms with Crippen LogP contribution in [0.25, 0.3) is 5.95 Å². The number of anilines is 1.